The molecule has 4 rings (SSSR count). The largest absolute Gasteiger partial charge is 0.496 e. The van der Waals surface area contributed by atoms with Crippen molar-refractivity contribution >= 4 is 5.91 Å². The van der Waals surface area contributed by atoms with Crippen LogP contribution in [0.5, 0.6) is 5.75 Å². The predicted molar refractivity (Wildman–Crippen MR) is 111 cm³/mol. The lowest BCUT2D eigenvalue weighted by Gasteiger charge is -2.11. The molecule has 1 amide bonds. The molecule has 0 fully saturated rings. The molecule has 4 aromatic rings. The average Bonchev–Trinajstić information content (AvgIpc) is 3.28. The lowest BCUT2D eigenvalue weighted by Crippen LogP contribution is -2.23. The lowest BCUT2D eigenvalue weighted by atomic mass is 10.1. The van der Waals surface area contributed by atoms with Crippen molar-refractivity contribution in [2.24, 2.45) is 0 Å². The Labute approximate surface area is 173 Å². The standard InChI is InChI=1S/C24H19FN2O3/c1-29-21-9-5-2-6-17(21)14-26-23(28)19-7-3-4-8-20(19)24-27-15-22(30-24)16-10-12-18(25)13-11-16/h2-13,15H,14H2,1H3,(H,26,28). The minimum atomic E-state index is -0.324. The number of para-hydroxylation sites is 1. The molecular weight excluding hydrogens is 383 g/mol. The zero-order valence-corrected chi connectivity index (χ0v) is 16.3. The molecule has 0 spiro atoms. The van der Waals surface area contributed by atoms with Gasteiger partial charge in [0.15, 0.2) is 5.76 Å². The number of ether oxygens (including phenoxy) is 1. The molecule has 0 radical (unpaired) electrons. The highest BCUT2D eigenvalue weighted by molar-refractivity contribution is 6.00. The number of hydrogen-bond donors (Lipinski definition) is 1. The summed E-state index contributed by atoms with van der Waals surface area (Å²) in [7, 11) is 1.59. The normalized spacial score (nSPS) is 10.6. The molecule has 1 aromatic heterocycles. The Morgan fingerprint density at radius 3 is 2.57 bits per heavy atom. The third-order valence-electron chi connectivity index (χ3n) is 4.67. The topological polar surface area (TPSA) is 64.4 Å². The minimum absolute atomic E-state index is 0.252. The highest BCUT2D eigenvalue weighted by Crippen LogP contribution is 2.28. The van der Waals surface area contributed by atoms with Gasteiger partial charge in [0.05, 0.1) is 18.9 Å². The second kappa shape index (κ2) is 8.61. The number of nitrogens with one attached hydrogen (secondary N) is 1. The van der Waals surface area contributed by atoms with Crippen LogP contribution < -0.4 is 10.1 Å². The van der Waals surface area contributed by atoms with Crippen molar-refractivity contribution in [3.05, 3.63) is 95.9 Å². The van der Waals surface area contributed by atoms with Gasteiger partial charge in [-0.1, -0.05) is 30.3 Å². The maximum Gasteiger partial charge on any atom is 0.252 e. The molecule has 30 heavy (non-hydrogen) atoms. The molecule has 3 aromatic carbocycles. The smallest absolute Gasteiger partial charge is 0.252 e. The van der Waals surface area contributed by atoms with Crippen LogP contribution in [0.25, 0.3) is 22.8 Å². The van der Waals surface area contributed by atoms with Gasteiger partial charge in [-0.15, -0.1) is 0 Å². The Kier molecular flexibility index (Phi) is 5.57. The summed E-state index contributed by atoms with van der Waals surface area (Å²) in [6.07, 6.45) is 1.56. The fourth-order valence-electron chi connectivity index (χ4n) is 3.13. The van der Waals surface area contributed by atoms with E-state index in [1.807, 2.05) is 30.3 Å². The first-order valence-corrected chi connectivity index (χ1v) is 9.37. The van der Waals surface area contributed by atoms with Crippen LogP contribution in [0.2, 0.25) is 0 Å². The van der Waals surface area contributed by atoms with Crippen LogP contribution in [-0.2, 0) is 6.54 Å². The Bertz CT molecular complexity index is 1170. The van der Waals surface area contributed by atoms with Crippen LogP contribution >= 0.6 is 0 Å². The van der Waals surface area contributed by atoms with Gasteiger partial charge >= 0.3 is 0 Å². The number of amides is 1. The molecule has 0 atom stereocenters. The zero-order valence-electron chi connectivity index (χ0n) is 16.3. The van der Waals surface area contributed by atoms with Gasteiger partial charge in [0.2, 0.25) is 5.89 Å². The van der Waals surface area contributed by atoms with E-state index < -0.39 is 0 Å². The van der Waals surface area contributed by atoms with Crippen LogP contribution in [0.15, 0.2) is 83.4 Å². The number of nitrogens with zero attached hydrogens (tertiary/aromatic N) is 1. The number of benzene rings is 3. The summed E-state index contributed by atoms with van der Waals surface area (Å²) in [5.74, 6) is 0.947. The molecule has 0 saturated carbocycles. The van der Waals surface area contributed by atoms with E-state index >= 15 is 0 Å². The van der Waals surface area contributed by atoms with Crippen LogP contribution in [0, 0.1) is 5.82 Å². The molecule has 5 nitrogen and oxygen atoms in total. The summed E-state index contributed by atoms with van der Waals surface area (Å²) in [6.45, 7) is 0.323. The molecule has 0 aliphatic rings. The summed E-state index contributed by atoms with van der Waals surface area (Å²) in [6, 6.07) is 20.5. The summed E-state index contributed by atoms with van der Waals surface area (Å²) in [5, 5.41) is 2.91. The number of carbonyl (C=O) groups is 1. The summed E-state index contributed by atoms with van der Waals surface area (Å²) < 4.78 is 24.3. The van der Waals surface area contributed by atoms with Crippen molar-refractivity contribution in [3.8, 4) is 28.5 Å². The first-order chi connectivity index (χ1) is 14.7. The first kappa shape index (κ1) is 19.4. The van der Waals surface area contributed by atoms with Crippen LogP contribution in [-0.4, -0.2) is 18.0 Å². The van der Waals surface area contributed by atoms with E-state index in [0.717, 1.165) is 5.56 Å². The van der Waals surface area contributed by atoms with E-state index in [2.05, 4.69) is 10.3 Å². The fraction of sp³-hybridized carbons (Fsp3) is 0.0833. The number of methoxy groups -OCH3 is 1. The number of oxazole rings is 1. The minimum Gasteiger partial charge on any atom is -0.496 e. The average molecular weight is 402 g/mol. The van der Waals surface area contributed by atoms with Crippen LogP contribution in [0.1, 0.15) is 15.9 Å². The van der Waals surface area contributed by atoms with Gasteiger partial charge in [-0.05, 0) is 42.5 Å². The van der Waals surface area contributed by atoms with Gasteiger partial charge in [-0.3, -0.25) is 4.79 Å². The van der Waals surface area contributed by atoms with Crippen LogP contribution in [0.4, 0.5) is 4.39 Å². The third-order valence-corrected chi connectivity index (χ3v) is 4.67. The second-order valence-electron chi connectivity index (χ2n) is 6.58. The fourth-order valence-corrected chi connectivity index (χ4v) is 3.13. The van der Waals surface area contributed by atoms with E-state index in [1.165, 1.54) is 12.1 Å². The molecular formula is C24H19FN2O3. The molecule has 150 valence electrons. The maximum absolute atomic E-state index is 13.2. The molecule has 0 aliphatic carbocycles. The number of halogens is 1. The van der Waals surface area contributed by atoms with Crippen molar-refractivity contribution in [1.82, 2.24) is 10.3 Å². The number of carbonyl (C=O) groups excluding carboxylic acids is 1. The zero-order chi connectivity index (χ0) is 20.9. The van der Waals surface area contributed by atoms with Crippen molar-refractivity contribution in [1.29, 1.82) is 0 Å². The molecule has 6 heteroatoms. The van der Waals surface area contributed by atoms with Crippen LogP contribution in [0.3, 0.4) is 0 Å². The number of hydrogen-bond acceptors (Lipinski definition) is 4. The monoisotopic (exact) mass is 402 g/mol. The van der Waals surface area contributed by atoms with Crippen molar-refractivity contribution in [2.45, 2.75) is 6.54 Å². The Balaban J connectivity index is 1.57. The number of aromatic nitrogens is 1. The van der Waals surface area contributed by atoms with Gasteiger partial charge in [0.25, 0.3) is 5.91 Å². The van der Waals surface area contributed by atoms with E-state index in [-0.39, 0.29) is 11.7 Å². The van der Waals surface area contributed by atoms with E-state index in [4.69, 9.17) is 9.15 Å². The first-order valence-electron chi connectivity index (χ1n) is 9.37. The van der Waals surface area contributed by atoms with Gasteiger partial charge in [-0.25, -0.2) is 9.37 Å². The lowest BCUT2D eigenvalue weighted by molar-refractivity contribution is 0.0951. The maximum atomic E-state index is 13.2. The van der Waals surface area contributed by atoms with Gasteiger partial charge < -0.3 is 14.5 Å². The molecule has 1 heterocycles. The highest BCUT2D eigenvalue weighted by atomic mass is 19.1. The number of rotatable bonds is 6. The molecule has 0 saturated heterocycles. The van der Waals surface area contributed by atoms with Crippen molar-refractivity contribution in [2.75, 3.05) is 7.11 Å². The Hall–Kier alpha value is -3.93. The summed E-state index contributed by atoms with van der Waals surface area (Å²) >= 11 is 0. The van der Waals surface area contributed by atoms with E-state index in [0.29, 0.717) is 40.6 Å². The molecule has 0 unspecified atom stereocenters. The molecule has 0 aliphatic heterocycles. The Morgan fingerprint density at radius 2 is 1.77 bits per heavy atom. The van der Waals surface area contributed by atoms with Gasteiger partial charge in [0, 0.05) is 23.2 Å². The third kappa shape index (κ3) is 4.07. The van der Waals surface area contributed by atoms with Crippen molar-refractivity contribution < 1.29 is 18.3 Å². The van der Waals surface area contributed by atoms with Crippen molar-refractivity contribution in [3.63, 3.8) is 0 Å². The highest BCUT2D eigenvalue weighted by Gasteiger charge is 2.17. The Morgan fingerprint density at radius 1 is 1.03 bits per heavy atom. The molecule has 1 N–H and O–H groups in total. The molecule has 0 bridgehead atoms. The van der Waals surface area contributed by atoms with E-state index in [9.17, 15) is 9.18 Å². The quantitative estimate of drug-likeness (QED) is 0.488. The summed E-state index contributed by atoms with van der Waals surface area (Å²) in [5.41, 5.74) is 2.59. The summed E-state index contributed by atoms with van der Waals surface area (Å²) in [4.78, 5) is 17.2. The van der Waals surface area contributed by atoms with E-state index in [1.54, 1.807) is 43.6 Å². The van der Waals surface area contributed by atoms with Gasteiger partial charge in [-0.2, -0.15) is 0 Å². The second-order valence-corrected chi connectivity index (χ2v) is 6.58. The van der Waals surface area contributed by atoms with Gasteiger partial charge in [0.1, 0.15) is 11.6 Å². The predicted octanol–water partition coefficient (Wildman–Crippen LogP) is 5.09. The SMILES string of the molecule is COc1ccccc1CNC(=O)c1ccccc1-c1ncc(-c2ccc(F)cc2)o1.